The van der Waals surface area contributed by atoms with Crippen LogP contribution in [0.2, 0.25) is 0 Å². The average molecular weight is 365 g/mol. The van der Waals surface area contributed by atoms with E-state index in [2.05, 4.69) is 10.4 Å². The molecule has 0 bridgehead atoms. The van der Waals surface area contributed by atoms with E-state index in [1.165, 1.54) is 12.1 Å². The van der Waals surface area contributed by atoms with E-state index < -0.39 is 0 Å². The molecule has 0 radical (unpaired) electrons. The van der Waals surface area contributed by atoms with Gasteiger partial charge in [-0.1, -0.05) is 0 Å². The topological polar surface area (TPSA) is 56.1 Å². The number of halogens is 1. The Hall–Kier alpha value is -3.15. The van der Waals surface area contributed by atoms with Gasteiger partial charge in [-0.05, 0) is 61.9 Å². The number of rotatable bonds is 4. The monoisotopic (exact) mass is 365 g/mol. The smallest absolute Gasteiger partial charge is 0.251 e. The lowest BCUT2D eigenvalue weighted by atomic mass is 10.1. The van der Waals surface area contributed by atoms with Crippen molar-refractivity contribution in [2.45, 2.75) is 26.3 Å². The summed E-state index contributed by atoms with van der Waals surface area (Å²) in [7, 11) is 0. The van der Waals surface area contributed by atoms with Gasteiger partial charge < -0.3 is 10.1 Å². The van der Waals surface area contributed by atoms with Crippen LogP contribution in [0.5, 0.6) is 5.75 Å². The highest BCUT2D eigenvalue weighted by molar-refractivity contribution is 5.94. The molecule has 1 amide bonds. The van der Waals surface area contributed by atoms with Gasteiger partial charge in [-0.3, -0.25) is 4.79 Å². The summed E-state index contributed by atoms with van der Waals surface area (Å²) >= 11 is 0. The first-order chi connectivity index (χ1) is 13.0. The quantitative estimate of drug-likeness (QED) is 0.766. The molecule has 1 unspecified atom stereocenters. The normalized spacial score (nSPS) is 13.7. The fourth-order valence-corrected chi connectivity index (χ4v) is 3.38. The van der Waals surface area contributed by atoms with E-state index in [-0.39, 0.29) is 17.8 Å². The van der Waals surface area contributed by atoms with Gasteiger partial charge in [0.05, 0.1) is 24.5 Å². The van der Waals surface area contributed by atoms with Gasteiger partial charge in [-0.2, -0.15) is 5.10 Å². The molecule has 27 heavy (non-hydrogen) atoms. The van der Waals surface area contributed by atoms with Gasteiger partial charge in [-0.15, -0.1) is 0 Å². The summed E-state index contributed by atoms with van der Waals surface area (Å²) in [5.41, 5.74) is 4.27. The second-order valence-corrected chi connectivity index (χ2v) is 6.69. The number of nitrogens with zero attached hydrogens (tertiary/aromatic N) is 2. The zero-order chi connectivity index (χ0) is 19.0. The van der Waals surface area contributed by atoms with Gasteiger partial charge in [-0.25, -0.2) is 9.07 Å². The predicted molar refractivity (Wildman–Crippen MR) is 99.8 cm³/mol. The van der Waals surface area contributed by atoms with Gasteiger partial charge in [0.2, 0.25) is 0 Å². The van der Waals surface area contributed by atoms with Crippen molar-refractivity contribution in [2.24, 2.45) is 0 Å². The van der Waals surface area contributed by atoms with E-state index in [0.29, 0.717) is 12.2 Å². The third-order valence-corrected chi connectivity index (χ3v) is 4.88. The molecule has 5 nitrogen and oxygen atoms in total. The molecule has 6 heteroatoms. The lowest BCUT2D eigenvalue weighted by Gasteiger charge is -2.14. The minimum Gasteiger partial charge on any atom is -0.493 e. The Kier molecular flexibility index (Phi) is 4.39. The molecular weight excluding hydrogens is 345 g/mol. The molecule has 1 aliphatic rings. The third-order valence-electron chi connectivity index (χ3n) is 4.88. The van der Waals surface area contributed by atoms with Crippen LogP contribution in [0.3, 0.4) is 0 Å². The molecule has 138 valence electrons. The number of carbonyl (C=O) groups is 1. The molecule has 1 N–H and O–H groups in total. The molecule has 3 aromatic rings. The van der Waals surface area contributed by atoms with Crippen LogP contribution in [0.1, 0.15) is 40.1 Å². The van der Waals surface area contributed by atoms with E-state index >= 15 is 0 Å². The molecule has 0 saturated heterocycles. The molecule has 0 saturated carbocycles. The van der Waals surface area contributed by atoms with Crippen LogP contribution in [0, 0.1) is 12.7 Å². The Morgan fingerprint density at radius 1 is 1.26 bits per heavy atom. The van der Waals surface area contributed by atoms with Crippen molar-refractivity contribution in [2.75, 3.05) is 6.61 Å². The molecule has 2 aromatic carbocycles. The van der Waals surface area contributed by atoms with Gasteiger partial charge in [0, 0.05) is 23.2 Å². The standard InChI is InChI=1S/C21H20FN3O2/c1-13(24-21(26)16-3-8-20-15(11-16)9-10-27-20)19-12-23-25(14(19)2)18-6-4-17(22)5-7-18/h3-8,11-13H,9-10H2,1-2H3,(H,24,26). The van der Waals surface area contributed by atoms with E-state index in [9.17, 15) is 9.18 Å². The lowest BCUT2D eigenvalue weighted by Crippen LogP contribution is -2.27. The number of benzene rings is 2. The average Bonchev–Trinajstić information content (AvgIpc) is 3.28. The summed E-state index contributed by atoms with van der Waals surface area (Å²) in [6, 6.07) is 11.5. The van der Waals surface area contributed by atoms with Crippen molar-refractivity contribution in [3.05, 3.63) is 76.9 Å². The van der Waals surface area contributed by atoms with Crippen molar-refractivity contribution >= 4 is 5.91 Å². The number of hydrogen-bond donors (Lipinski definition) is 1. The number of amides is 1. The zero-order valence-corrected chi connectivity index (χ0v) is 15.2. The molecule has 1 aliphatic heterocycles. The second-order valence-electron chi connectivity index (χ2n) is 6.69. The van der Waals surface area contributed by atoms with Crippen molar-refractivity contribution in [3.63, 3.8) is 0 Å². The second kappa shape index (κ2) is 6.87. The summed E-state index contributed by atoms with van der Waals surface area (Å²) in [6.45, 7) is 4.52. The van der Waals surface area contributed by atoms with Crippen LogP contribution in [0.4, 0.5) is 4.39 Å². The van der Waals surface area contributed by atoms with Gasteiger partial charge in [0.1, 0.15) is 11.6 Å². The maximum Gasteiger partial charge on any atom is 0.251 e. The van der Waals surface area contributed by atoms with Crippen LogP contribution in [-0.2, 0) is 6.42 Å². The highest BCUT2D eigenvalue weighted by Gasteiger charge is 2.19. The Labute approximate surface area is 156 Å². The van der Waals surface area contributed by atoms with E-state index in [0.717, 1.165) is 34.7 Å². The molecule has 0 spiro atoms. The van der Waals surface area contributed by atoms with Crippen molar-refractivity contribution in [3.8, 4) is 11.4 Å². The van der Waals surface area contributed by atoms with Gasteiger partial charge in [0.25, 0.3) is 5.91 Å². The largest absolute Gasteiger partial charge is 0.493 e. The minimum absolute atomic E-state index is 0.133. The fourth-order valence-electron chi connectivity index (χ4n) is 3.38. The van der Waals surface area contributed by atoms with Gasteiger partial charge >= 0.3 is 0 Å². The van der Waals surface area contributed by atoms with Crippen molar-refractivity contribution in [1.82, 2.24) is 15.1 Å². The molecule has 2 heterocycles. The molecule has 0 aliphatic carbocycles. The van der Waals surface area contributed by atoms with Crippen LogP contribution < -0.4 is 10.1 Å². The highest BCUT2D eigenvalue weighted by atomic mass is 19.1. The van der Waals surface area contributed by atoms with Crippen LogP contribution >= 0.6 is 0 Å². The number of hydrogen-bond acceptors (Lipinski definition) is 3. The zero-order valence-electron chi connectivity index (χ0n) is 15.2. The molecule has 0 fully saturated rings. The number of ether oxygens (including phenoxy) is 1. The van der Waals surface area contributed by atoms with E-state index in [1.54, 1.807) is 29.1 Å². The minimum atomic E-state index is -0.288. The summed E-state index contributed by atoms with van der Waals surface area (Å²) in [4.78, 5) is 12.6. The van der Waals surface area contributed by atoms with E-state index in [4.69, 9.17) is 4.74 Å². The van der Waals surface area contributed by atoms with Crippen molar-refractivity contribution < 1.29 is 13.9 Å². The maximum absolute atomic E-state index is 13.1. The van der Waals surface area contributed by atoms with E-state index in [1.807, 2.05) is 26.0 Å². The molecule has 1 aromatic heterocycles. The third kappa shape index (κ3) is 3.30. The SMILES string of the molecule is Cc1c(C(C)NC(=O)c2ccc3c(c2)CCO3)cnn1-c1ccc(F)cc1. The van der Waals surface area contributed by atoms with Crippen LogP contribution in [0.25, 0.3) is 5.69 Å². The fraction of sp³-hybridized carbons (Fsp3) is 0.238. The lowest BCUT2D eigenvalue weighted by molar-refractivity contribution is 0.0939. The number of nitrogens with one attached hydrogen (secondary N) is 1. The summed E-state index contributed by atoms with van der Waals surface area (Å²) in [5, 5.41) is 7.42. The Bertz CT molecular complexity index is 995. The summed E-state index contributed by atoms with van der Waals surface area (Å²) in [5.74, 6) is 0.436. The first-order valence-corrected chi connectivity index (χ1v) is 8.90. The maximum atomic E-state index is 13.1. The number of carbonyl (C=O) groups excluding carboxylic acids is 1. The van der Waals surface area contributed by atoms with Crippen molar-refractivity contribution in [1.29, 1.82) is 0 Å². The van der Waals surface area contributed by atoms with Crippen LogP contribution in [-0.4, -0.2) is 22.3 Å². The van der Waals surface area contributed by atoms with Gasteiger partial charge in [0.15, 0.2) is 0 Å². The highest BCUT2D eigenvalue weighted by Crippen LogP contribution is 2.26. The Morgan fingerprint density at radius 2 is 2.04 bits per heavy atom. The first-order valence-electron chi connectivity index (χ1n) is 8.90. The number of fused-ring (bicyclic) bond motifs is 1. The Morgan fingerprint density at radius 3 is 2.81 bits per heavy atom. The molecular formula is C21H20FN3O2. The molecule has 1 atom stereocenters. The Balaban J connectivity index is 1.52. The summed E-state index contributed by atoms with van der Waals surface area (Å²) < 4.78 is 20.4. The summed E-state index contributed by atoms with van der Waals surface area (Å²) in [6.07, 6.45) is 2.57. The molecule has 4 rings (SSSR count). The number of aromatic nitrogens is 2. The van der Waals surface area contributed by atoms with Crippen LogP contribution in [0.15, 0.2) is 48.7 Å². The first kappa shape index (κ1) is 17.3. The predicted octanol–water partition coefficient (Wildman–Crippen LogP) is 3.75.